The van der Waals surface area contributed by atoms with Gasteiger partial charge in [-0.1, -0.05) is 6.07 Å². The summed E-state index contributed by atoms with van der Waals surface area (Å²) in [6.07, 6.45) is -3.86. The van der Waals surface area contributed by atoms with E-state index in [4.69, 9.17) is 0 Å². The molecule has 2 fully saturated rings. The van der Waals surface area contributed by atoms with Crippen molar-refractivity contribution in [1.29, 1.82) is 0 Å². The van der Waals surface area contributed by atoms with Crippen molar-refractivity contribution in [3.8, 4) is 0 Å². The van der Waals surface area contributed by atoms with Crippen molar-refractivity contribution < 1.29 is 21.6 Å². The molecule has 2 saturated heterocycles. The van der Waals surface area contributed by atoms with Gasteiger partial charge in [-0.25, -0.2) is 8.42 Å². The Balaban J connectivity index is 1.82. The van der Waals surface area contributed by atoms with Crippen LogP contribution in [0.2, 0.25) is 0 Å². The first kappa shape index (κ1) is 18.6. The fourth-order valence-corrected chi connectivity index (χ4v) is 5.21. The van der Waals surface area contributed by atoms with Crippen molar-refractivity contribution in [2.75, 3.05) is 39.3 Å². The number of alkyl halides is 3. The van der Waals surface area contributed by atoms with Crippen LogP contribution in [0.5, 0.6) is 0 Å². The highest BCUT2D eigenvalue weighted by molar-refractivity contribution is 7.89. The molecule has 0 amide bonds. The van der Waals surface area contributed by atoms with Gasteiger partial charge in [-0.2, -0.15) is 17.5 Å². The zero-order chi connectivity index (χ0) is 18.2. The van der Waals surface area contributed by atoms with Gasteiger partial charge in [-0.3, -0.25) is 4.90 Å². The Morgan fingerprint density at radius 2 is 1.84 bits per heavy atom. The van der Waals surface area contributed by atoms with Gasteiger partial charge >= 0.3 is 6.18 Å². The number of halogens is 3. The number of sulfonamides is 1. The number of nitrogens with zero attached hydrogens (tertiary/aromatic N) is 2. The molecule has 1 N–H and O–H groups in total. The van der Waals surface area contributed by atoms with E-state index >= 15 is 0 Å². The number of benzene rings is 1. The van der Waals surface area contributed by atoms with E-state index in [1.807, 2.05) is 0 Å². The summed E-state index contributed by atoms with van der Waals surface area (Å²) < 4.78 is 65.9. The molecule has 140 valence electrons. The minimum atomic E-state index is -4.56. The smallest absolute Gasteiger partial charge is 0.314 e. The van der Waals surface area contributed by atoms with Crippen LogP contribution in [0, 0.1) is 6.92 Å². The van der Waals surface area contributed by atoms with Crippen LogP contribution in [0.15, 0.2) is 23.1 Å². The summed E-state index contributed by atoms with van der Waals surface area (Å²) in [5, 5.41) is 3.25. The van der Waals surface area contributed by atoms with Gasteiger partial charge in [-0.05, 0) is 31.0 Å². The van der Waals surface area contributed by atoms with Crippen molar-refractivity contribution >= 4 is 10.0 Å². The molecule has 25 heavy (non-hydrogen) atoms. The quantitative estimate of drug-likeness (QED) is 0.871. The topological polar surface area (TPSA) is 52.7 Å². The Bertz CT molecular complexity index is 731. The Morgan fingerprint density at radius 3 is 2.48 bits per heavy atom. The second-order valence-electron chi connectivity index (χ2n) is 6.57. The van der Waals surface area contributed by atoms with Crippen LogP contribution >= 0.6 is 0 Å². The summed E-state index contributed by atoms with van der Waals surface area (Å²) in [7, 11) is -3.93. The molecule has 2 aliphatic rings. The first-order chi connectivity index (χ1) is 11.7. The van der Waals surface area contributed by atoms with E-state index in [2.05, 4.69) is 10.2 Å². The lowest BCUT2D eigenvalue weighted by Crippen LogP contribution is -2.49. The largest absolute Gasteiger partial charge is 0.416 e. The number of hydrogen-bond acceptors (Lipinski definition) is 4. The van der Waals surface area contributed by atoms with Crippen LogP contribution in [-0.4, -0.2) is 62.9 Å². The lowest BCUT2D eigenvalue weighted by molar-refractivity contribution is -0.137. The number of hydrogen-bond donors (Lipinski definition) is 1. The molecule has 2 aliphatic heterocycles. The lowest BCUT2D eigenvalue weighted by Gasteiger charge is -2.32. The molecular formula is C16H22F3N3O2S. The number of rotatable bonds is 3. The molecule has 0 aromatic heterocycles. The summed E-state index contributed by atoms with van der Waals surface area (Å²) in [4.78, 5) is 2.01. The summed E-state index contributed by atoms with van der Waals surface area (Å²) in [5.41, 5.74) is -0.604. The van der Waals surface area contributed by atoms with Gasteiger partial charge in [0.05, 0.1) is 10.5 Å². The summed E-state index contributed by atoms with van der Waals surface area (Å²) in [6, 6.07) is 3.02. The Kier molecular flexibility index (Phi) is 5.11. The van der Waals surface area contributed by atoms with Crippen LogP contribution in [0.1, 0.15) is 17.5 Å². The molecule has 1 atom stereocenters. The van der Waals surface area contributed by atoms with Gasteiger partial charge in [0.15, 0.2) is 0 Å². The maximum atomic E-state index is 12.9. The molecule has 0 saturated carbocycles. The highest BCUT2D eigenvalue weighted by Gasteiger charge is 2.38. The van der Waals surface area contributed by atoms with E-state index < -0.39 is 21.8 Å². The molecule has 0 radical (unpaired) electrons. The first-order valence-corrected chi connectivity index (χ1v) is 9.76. The normalized spacial score (nSPS) is 23.9. The van der Waals surface area contributed by atoms with E-state index in [1.54, 1.807) is 0 Å². The summed E-state index contributed by atoms with van der Waals surface area (Å²) >= 11 is 0. The summed E-state index contributed by atoms with van der Waals surface area (Å²) in [6.45, 7) is 5.66. The molecule has 0 bridgehead atoms. The number of nitrogens with one attached hydrogen (secondary N) is 1. The van der Waals surface area contributed by atoms with Crippen molar-refractivity contribution in [2.24, 2.45) is 0 Å². The van der Waals surface area contributed by atoms with Gasteiger partial charge in [0.2, 0.25) is 10.0 Å². The molecule has 5 nitrogen and oxygen atoms in total. The highest BCUT2D eigenvalue weighted by Crippen LogP contribution is 2.33. The Labute approximate surface area is 145 Å². The predicted octanol–water partition coefficient (Wildman–Crippen LogP) is 1.68. The van der Waals surface area contributed by atoms with E-state index in [-0.39, 0.29) is 10.9 Å². The van der Waals surface area contributed by atoms with Gasteiger partial charge in [-0.15, -0.1) is 0 Å². The van der Waals surface area contributed by atoms with Crippen molar-refractivity contribution in [3.05, 3.63) is 29.3 Å². The summed E-state index contributed by atoms with van der Waals surface area (Å²) in [5.74, 6) is 0. The third-order valence-corrected chi connectivity index (χ3v) is 6.93. The van der Waals surface area contributed by atoms with Crippen LogP contribution in [0.3, 0.4) is 0 Å². The Hall–Kier alpha value is -1.16. The second-order valence-corrected chi connectivity index (χ2v) is 8.48. The maximum Gasteiger partial charge on any atom is 0.416 e. The van der Waals surface area contributed by atoms with Crippen molar-refractivity contribution in [3.63, 3.8) is 0 Å². The van der Waals surface area contributed by atoms with E-state index in [0.717, 1.165) is 38.3 Å². The van der Waals surface area contributed by atoms with E-state index in [9.17, 15) is 21.6 Å². The minimum absolute atomic E-state index is 0.128. The van der Waals surface area contributed by atoms with Gasteiger partial charge in [0.1, 0.15) is 0 Å². The monoisotopic (exact) mass is 377 g/mol. The molecule has 1 aromatic rings. The van der Waals surface area contributed by atoms with Gasteiger partial charge < -0.3 is 5.32 Å². The minimum Gasteiger partial charge on any atom is -0.314 e. The third-order valence-electron chi connectivity index (χ3n) is 4.93. The van der Waals surface area contributed by atoms with Gasteiger partial charge in [0, 0.05) is 45.3 Å². The third kappa shape index (κ3) is 3.84. The zero-order valence-corrected chi connectivity index (χ0v) is 14.8. The molecule has 0 spiro atoms. The SMILES string of the molecule is Cc1ccc(C(F)(F)F)cc1S(=O)(=O)N1CCC(N2CCNCC2)C1. The first-order valence-electron chi connectivity index (χ1n) is 8.32. The average molecular weight is 377 g/mol. The lowest BCUT2D eigenvalue weighted by atomic mass is 10.1. The fourth-order valence-electron chi connectivity index (χ4n) is 3.47. The molecule has 1 aromatic carbocycles. The number of aryl methyl sites for hydroxylation is 1. The maximum absolute atomic E-state index is 12.9. The van der Waals surface area contributed by atoms with Crippen molar-refractivity contribution in [2.45, 2.75) is 30.5 Å². The molecule has 9 heteroatoms. The fraction of sp³-hybridized carbons (Fsp3) is 0.625. The van der Waals surface area contributed by atoms with Crippen LogP contribution in [-0.2, 0) is 16.2 Å². The average Bonchev–Trinajstić information content (AvgIpc) is 3.05. The van der Waals surface area contributed by atoms with Crippen molar-refractivity contribution in [1.82, 2.24) is 14.5 Å². The molecule has 2 heterocycles. The number of piperazine rings is 1. The standard InChI is InChI=1S/C16H22F3N3O2S/c1-12-2-3-13(16(17,18)19)10-15(12)25(23,24)22-7-4-14(11-22)21-8-5-20-6-9-21/h2-3,10,14,20H,4-9,11H2,1H3. The molecular weight excluding hydrogens is 355 g/mol. The van der Waals surface area contributed by atoms with Crippen LogP contribution in [0.25, 0.3) is 0 Å². The van der Waals surface area contributed by atoms with Crippen LogP contribution in [0.4, 0.5) is 13.2 Å². The van der Waals surface area contributed by atoms with E-state index in [1.165, 1.54) is 17.3 Å². The predicted molar refractivity (Wildman–Crippen MR) is 87.8 cm³/mol. The van der Waals surface area contributed by atoms with E-state index in [0.29, 0.717) is 25.1 Å². The molecule has 0 aliphatic carbocycles. The Morgan fingerprint density at radius 1 is 1.16 bits per heavy atom. The second kappa shape index (κ2) is 6.86. The van der Waals surface area contributed by atoms with Crippen LogP contribution < -0.4 is 5.32 Å². The zero-order valence-electron chi connectivity index (χ0n) is 14.0. The molecule has 1 unspecified atom stereocenters. The van der Waals surface area contributed by atoms with Gasteiger partial charge in [0.25, 0.3) is 0 Å². The molecule has 3 rings (SSSR count). The highest BCUT2D eigenvalue weighted by atomic mass is 32.2.